The van der Waals surface area contributed by atoms with Crippen molar-refractivity contribution in [3.8, 4) is 6.07 Å². The van der Waals surface area contributed by atoms with Crippen LogP contribution in [0.3, 0.4) is 0 Å². The Labute approximate surface area is 109 Å². The summed E-state index contributed by atoms with van der Waals surface area (Å²) in [4.78, 5) is 11.7. The molecule has 1 aromatic carbocycles. The number of carbonyl (C=O) groups is 1. The number of carbonyl (C=O) groups excluding carboxylic acids is 1. The smallest absolute Gasteiger partial charge is 0.221 e. The molecule has 96 valence electrons. The Morgan fingerprint density at radius 3 is 2.44 bits per heavy atom. The second-order valence-electron chi connectivity index (χ2n) is 4.90. The lowest BCUT2D eigenvalue weighted by Crippen LogP contribution is -2.26. The van der Waals surface area contributed by atoms with Crippen molar-refractivity contribution in [3.05, 3.63) is 35.4 Å². The Hall–Kier alpha value is -1.82. The van der Waals surface area contributed by atoms with Crippen LogP contribution in [0.4, 0.5) is 0 Å². The highest BCUT2D eigenvalue weighted by Crippen LogP contribution is 2.27. The number of amides is 1. The summed E-state index contributed by atoms with van der Waals surface area (Å²) in [5.74, 6) is 0.528. The molecule has 0 saturated heterocycles. The van der Waals surface area contributed by atoms with Crippen LogP contribution in [0.15, 0.2) is 24.3 Å². The number of benzene rings is 1. The zero-order valence-corrected chi connectivity index (χ0v) is 11.2. The molecule has 3 heteroatoms. The molecule has 0 aliphatic carbocycles. The summed E-state index contributed by atoms with van der Waals surface area (Å²) >= 11 is 0. The van der Waals surface area contributed by atoms with E-state index in [4.69, 9.17) is 5.26 Å². The first kappa shape index (κ1) is 14.2. The van der Waals surface area contributed by atoms with Crippen LogP contribution < -0.4 is 5.32 Å². The molecule has 1 atom stereocenters. The maximum absolute atomic E-state index is 11.7. The second kappa shape index (κ2) is 6.80. The summed E-state index contributed by atoms with van der Waals surface area (Å²) in [5, 5.41) is 11.0. The van der Waals surface area contributed by atoms with Crippen LogP contribution in [0.25, 0.3) is 0 Å². The van der Waals surface area contributed by atoms with E-state index in [-0.39, 0.29) is 18.4 Å². The van der Waals surface area contributed by atoms with Crippen molar-refractivity contribution in [2.45, 2.75) is 33.1 Å². The molecule has 18 heavy (non-hydrogen) atoms. The van der Waals surface area contributed by atoms with E-state index in [1.165, 1.54) is 11.1 Å². The van der Waals surface area contributed by atoms with Crippen molar-refractivity contribution >= 4 is 5.91 Å². The minimum absolute atomic E-state index is 0.0594. The molecule has 1 aromatic rings. The first-order valence-electron chi connectivity index (χ1n) is 6.24. The molecule has 0 heterocycles. The number of nitrogens with one attached hydrogen (secondary N) is 1. The highest BCUT2D eigenvalue weighted by Gasteiger charge is 2.19. The zero-order valence-electron chi connectivity index (χ0n) is 11.2. The maximum atomic E-state index is 11.7. The fraction of sp³-hybridized carbons (Fsp3) is 0.467. The number of hydrogen-bond acceptors (Lipinski definition) is 2. The van der Waals surface area contributed by atoms with Gasteiger partial charge in [0.2, 0.25) is 5.91 Å². The van der Waals surface area contributed by atoms with Gasteiger partial charge in [0.05, 0.1) is 6.07 Å². The van der Waals surface area contributed by atoms with E-state index in [1.54, 1.807) is 0 Å². The van der Waals surface area contributed by atoms with Crippen molar-refractivity contribution in [3.63, 3.8) is 0 Å². The molecule has 0 bridgehead atoms. The predicted octanol–water partition coefficient (Wildman–Crippen LogP) is 2.76. The molecule has 0 fully saturated rings. The van der Waals surface area contributed by atoms with Crippen molar-refractivity contribution in [2.75, 3.05) is 6.54 Å². The number of aryl methyl sites for hydroxylation is 1. The molecule has 0 spiro atoms. The van der Waals surface area contributed by atoms with Crippen LogP contribution in [0, 0.1) is 24.2 Å². The topological polar surface area (TPSA) is 52.9 Å². The van der Waals surface area contributed by atoms with Crippen LogP contribution in [0.5, 0.6) is 0 Å². The highest BCUT2D eigenvalue weighted by molar-refractivity contribution is 5.77. The summed E-state index contributed by atoms with van der Waals surface area (Å²) in [6.45, 7) is 6.36. The van der Waals surface area contributed by atoms with Gasteiger partial charge in [-0.1, -0.05) is 43.7 Å². The van der Waals surface area contributed by atoms with Crippen LogP contribution in [-0.2, 0) is 4.79 Å². The lowest BCUT2D eigenvalue weighted by molar-refractivity contribution is -0.121. The Morgan fingerprint density at radius 2 is 1.94 bits per heavy atom. The van der Waals surface area contributed by atoms with E-state index in [9.17, 15) is 4.79 Å². The molecule has 1 amide bonds. The normalized spacial score (nSPS) is 11.9. The zero-order chi connectivity index (χ0) is 13.5. The monoisotopic (exact) mass is 244 g/mol. The van der Waals surface area contributed by atoms with Crippen molar-refractivity contribution in [2.24, 2.45) is 5.92 Å². The van der Waals surface area contributed by atoms with Crippen LogP contribution in [0.1, 0.15) is 37.3 Å². The van der Waals surface area contributed by atoms with Gasteiger partial charge in [-0.15, -0.1) is 0 Å². The lowest BCUT2D eigenvalue weighted by atomic mass is 9.85. The SMILES string of the molecule is Cc1ccc(C(CC(=O)NCC#N)C(C)C)cc1. The molecule has 0 aromatic heterocycles. The van der Waals surface area contributed by atoms with Crippen molar-refractivity contribution in [1.82, 2.24) is 5.32 Å². The molecule has 1 N–H and O–H groups in total. The average Bonchev–Trinajstić information content (AvgIpc) is 2.34. The van der Waals surface area contributed by atoms with E-state index in [0.717, 1.165) is 0 Å². The lowest BCUT2D eigenvalue weighted by Gasteiger charge is -2.20. The van der Waals surface area contributed by atoms with Gasteiger partial charge in [0.25, 0.3) is 0 Å². The fourth-order valence-corrected chi connectivity index (χ4v) is 1.96. The summed E-state index contributed by atoms with van der Waals surface area (Å²) in [6.07, 6.45) is 0.433. The highest BCUT2D eigenvalue weighted by atomic mass is 16.1. The van der Waals surface area contributed by atoms with E-state index in [0.29, 0.717) is 12.3 Å². The molecular weight excluding hydrogens is 224 g/mol. The second-order valence-corrected chi connectivity index (χ2v) is 4.90. The molecule has 0 radical (unpaired) electrons. The van der Waals surface area contributed by atoms with Gasteiger partial charge in [-0.3, -0.25) is 4.79 Å². The van der Waals surface area contributed by atoms with Crippen LogP contribution in [0.2, 0.25) is 0 Å². The maximum Gasteiger partial charge on any atom is 0.221 e. The predicted molar refractivity (Wildman–Crippen MR) is 72.0 cm³/mol. The average molecular weight is 244 g/mol. The molecule has 1 rings (SSSR count). The number of nitriles is 1. The van der Waals surface area contributed by atoms with Gasteiger partial charge in [0.15, 0.2) is 0 Å². The summed E-state index contributed by atoms with van der Waals surface area (Å²) in [7, 11) is 0. The molecule has 1 unspecified atom stereocenters. The van der Waals surface area contributed by atoms with Gasteiger partial charge < -0.3 is 5.32 Å². The number of rotatable bonds is 5. The Balaban J connectivity index is 2.74. The standard InChI is InChI=1S/C15H20N2O/c1-11(2)14(10-15(18)17-9-8-16)13-6-4-12(3)5-7-13/h4-7,11,14H,9-10H2,1-3H3,(H,17,18). The van der Waals surface area contributed by atoms with Gasteiger partial charge in [0.1, 0.15) is 6.54 Å². The summed E-state index contributed by atoms with van der Waals surface area (Å²) < 4.78 is 0. The first-order valence-corrected chi connectivity index (χ1v) is 6.24. The minimum Gasteiger partial charge on any atom is -0.343 e. The van der Waals surface area contributed by atoms with Gasteiger partial charge in [-0.25, -0.2) is 0 Å². The van der Waals surface area contributed by atoms with Gasteiger partial charge >= 0.3 is 0 Å². The number of hydrogen-bond donors (Lipinski definition) is 1. The molecule has 0 saturated carbocycles. The van der Waals surface area contributed by atoms with Crippen molar-refractivity contribution < 1.29 is 4.79 Å². The summed E-state index contributed by atoms with van der Waals surface area (Å²) in [5.41, 5.74) is 2.40. The van der Waals surface area contributed by atoms with Crippen LogP contribution in [-0.4, -0.2) is 12.5 Å². The van der Waals surface area contributed by atoms with E-state index in [1.807, 2.05) is 13.0 Å². The Bertz CT molecular complexity index is 429. The molecular formula is C15H20N2O. The van der Waals surface area contributed by atoms with E-state index < -0.39 is 0 Å². The minimum atomic E-state index is -0.0594. The third kappa shape index (κ3) is 4.21. The van der Waals surface area contributed by atoms with Gasteiger partial charge in [-0.2, -0.15) is 5.26 Å². The molecule has 3 nitrogen and oxygen atoms in total. The number of nitrogens with zero attached hydrogens (tertiary/aromatic N) is 1. The molecule has 0 aliphatic rings. The van der Waals surface area contributed by atoms with Crippen molar-refractivity contribution in [1.29, 1.82) is 5.26 Å². The third-order valence-electron chi connectivity index (χ3n) is 3.08. The van der Waals surface area contributed by atoms with Gasteiger partial charge in [0, 0.05) is 6.42 Å². The van der Waals surface area contributed by atoms with E-state index in [2.05, 4.69) is 43.4 Å². The van der Waals surface area contributed by atoms with E-state index >= 15 is 0 Å². The van der Waals surface area contributed by atoms with Gasteiger partial charge in [-0.05, 0) is 24.3 Å². The summed E-state index contributed by atoms with van der Waals surface area (Å²) in [6, 6.07) is 10.2. The molecule has 0 aliphatic heterocycles. The fourth-order valence-electron chi connectivity index (χ4n) is 1.96. The first-order chi connectivity index (χ1) is 8.54. The Morgan fingerprint density at radius 1 is 1.33 bits per heavy atom. The largest absolute Gasteiger partial charge is 0.343 e. The Kier molecular flexibility index (Phi) is 5.38. The quantitative estimate of drug-likeness (QED) is 0.810. The van der Waals surface area contributed by atoms with Crippen LogP contribution >= 0.6 is 0 Å². The third-order valence-corrected chi connectivity index (χ3v) is 3.08.